The Hall–Kier alpha value is -1.54. The Balaban J connectivity index is 1.15. The molecular formula is C22H25F2O10S-. The van der Waals surface area contributed by atoms with E-state index in [1.54, 1.807) is 0 Å². The summed E-state index contributed by atoms with van der Waals surface area (Å²) < 4.78 is 47.4. The third kappa shape index (κ3) is 3.76. The predicted octanol–water partition coefficient (Wildman–Crippen LogP) is 1.04. The number of hydrogen-bond acceptors (Lipinski definition) is 11. The van der Waals surface area contributed by atoms with Crippen LogP contribution >= 0.6 is 12.0 Å². The van der Waals surface area contributed by atoms with E-state index >= 15 is 0 Å². The Kier molecular flexibility index (Phi) is 5.43. The summed E-state index contributed by atoms with van der Waals surface area (Å²) in [7, 11) is 0. The molecule has 0 spiro atoms. The second-order valence-corrected chi connectivity index (χ2v) is 12.2. The molecule has 0 aromatic heterocycles. The van der Waals surface area contributed by atoms with Gasteiger partial charge in [0.15, 0.2) is 0 Å². The number of rotatable bonds is 8. The second-order valence-electron chi connectivity index (χ2n) is 11.4. The van der Waals surface area contributed by atoms with Crippen LogP contribution in [0.15, 0.2) is 0 Å². The quantitative estimate of drug-likeness (QED) is 0.162. The van der Waals surface area contributed by atoms with E-state index in [2.05, 4.69) is 9.37 Å². The van der Waals surface area contributed by atoms with Crippen LogP contribution in [-0.2, 0) is 38.0 Å². The number of halogens is 2. The summed E-state index contributed by atoms with van der Waals surface area (Å²) >= 11 is -0.810. The van der Waals surface area contributed by atoms with Crippen LogP contribution in [0.25, 0.3) is 0 Å². The first kappa shape index (κ1) is 23.8. The van der Waals surface area contributed by atoms with Crippen LogP contribution in [0.4, 0.5) is 8.78 Å². The Labute approximate surface area is 203 Å². The van der Waals surface area contributed by atoms with Gasteiger partial charge >= 0.3 is 23.2 Å². The summed E-state index contributed by atoms with van der Waals surface area (Å²) in [5.74, 6) is -5.32. The normalized spacial score (nSPS) is 46.7. The number of esters is 3. The van der Waals surface area contributed by atoms with Crippen molar-refractivity contribution >= 4 is 30.0 Å². The highest BCUT2D eigenvalue weighted by molar-refractivity contribution is 7.96. The van der Waals surface area contributed by atoms with Gasteiger partial charge in [0.1, 0.15) is 24.3 Å². The first-order valence-electron chi connectivity index (χ1n) is 11.9. The molecule has 13 heteroatoms. The van der Waals surface area contributed by atoms with Crippen molar-refractivity contribution in [3.05, 3.63) is 0 Å². The van der Waals surface area contributed by atoms with Gasteiger partial charge in [-0.3, -0.25) is 14.6 Å². The standard InChI is InChI=1S/C22H26F2O10S/c23-22(24,35-34-33-29)19(27)32-16-11-2-12-14(18(26)31-15(12)16)13(11)17(25)30-8-20-3-9-1-10(4-20)6-21(28,5-9)7-20/h9-16,28-29H,1-8H2/p-1. The molecule has 0 aromatic rings. The molecule has 7 aliphatic rings. The van der Waals surface area contributed by atoms with Crippen molar-refractivity contribution in [3.63, 3.8) is 0 Å². The molecule has 0 radical (unpaired) electrons. The number of hydrogen-bond donors (Lipinski definition) is 1. The van der Waals surface area contributed by atoms with Gasteiger partial charge in [0.05, 0.1) is 24.0 Å². The molecule has 7 rings (SSSR count). The lowest BCUT2D eigenvalue weighted by Crippen LogP contribution is -2.57. The fourth-order valence-electron chi connectivity index (χ4n) is 8.64. The molecule has 194 valence electrons. The minimum atomic E-state index is -4.25. The van der Waals surface area contributed by atoms with Gasteiger partial charge in [0, 0.05) is 17.3 Å². The average Bonchev–Trinajstić information content (AvgIpc) is 3.38. The second kappa shape index (κ2) is 7.98. The van der Waals surface area contributed by atoms with Crippen molar-refractivity contribution in [1.29, 1.82) is 0 Å². The molecule has 10 nitrogen and oxygen atoms in total. The molecule has 8 atom stereocenters. The monoisotopic (exact) mass is 519 g/mol. The molecule has 0 amide bonds. The SMILES string of the molecule is O=C1OC2C3CC(C2OC(=O)C(F)(F)SOO[O-])C(C(=O)OCC24CC5CC(CC(O)(C5)C2)C4)C13. The van der Waals surface area contributed by atoms with E-state index in [0.717, 1.165) is 32.1 Å². The van der Waals surface area contributed by atoms with Gasteiger partial charge in [-0.15, -0.1) is 0 Å². The van der Waals surface area contributed by atoms with Crippen LogP contribution in [0.5, 0.6) is 0 Å². The predicted molar refractivity (Wildman–Crippen MR) is 106 cm³/mol. The van der Waals surface area contributed by atoms with E-state index in [1.807, 2.05) is 0 Å². The van der Waals surface area contributed by atoms with Gasteiger partial charge in [0.25, 0.3) is 0 Å². The van der Waals surface area contributed by atoms with Crippen molar-refractivity contribution in [3.8, 4) is 0 Å². The highest BCUT2D eigenvalue weighted by atomic mass is 32.2. The Bertz CT molecular complexity index is 931. The van der Waals surface area contributed by atoms with Gasteiger partial charge in [0.2, 0.25) is 0 Å². The first-order chi connectivity index (χ1) is 16.5. The number of carbonyl (C=O) groups is 3. The highest BCUT2D eigenvalue weighted by Gasteiger charge is 2.71. The summed E-state index contributed by atoms with van der Waals surface area (Å²) in [6, 6.07) is 0. The molecule has 1 heterocycles. The topological polar surface area (TPSA) is 141 Å². The minimum Gasteiger partial charge on any atom is -0.691 e. The van der Waals surface area contributed by atoms with Crippen LogP contribution in [0.2, 0.25) is 0 Å². The number of carbonyl (C=O) groups excluding carboxylic acids is 3. The van der Waals surface area contributed by atoms with E-state index in [4.69, 9.17) is 14.2 Å². The number of ether oxygens (including phenoxy) is 3. The van der Waals surface area contributed by atoms with Crippen molar-refractivity contribution in [2.75, 3.05) is 6.61 Å². The molecule has 1 saturated heterocycles. The van der Waals surface area contributed by atoms with Crippen molar-refractivity contribution < 1.29 is 57.1 Å². The molecule has 35 heavy (non-hydrogen) atoms. The Morgan fingerprint density at radius 3 is 2.54 bits per heavy atom. The maximum Gasteiger partial charge on any atom is 0.415 e. The maximum absolute atomic E-state index is 13.9. The summed E-state index contributed by atoms with van der Waals surface area (Å²) in [6.07, 6.45) is 3.12. The molecule has 6 aliphatic carbocycles. The number of alkyl halides is 2. The summed E-state index contributed by atoms with van der Waals surface area (Å²) in [6.45, 7) is 0.131. The summed E-state index contributed by atoms with van der Waals surface area (Å²) in [5.41, 5.74) is -1.01. The van der Waals surface area contributed by atoms with Crippen molar-refractivity contribution in [2.24, 2.45) is 40.9 Å². The number of fused-ring (bicyclic) bond motifs is 1. The molecule has 1 aliphatic heterocycles. The van der Waals surface area contributed by atoms with Gasteiger partial charge in [-0.1, -0.05) is 0 Å². The van der Waals surface area contributed by atoms with E-state index in [9.17, 15) is 33.5 Å². The van der Waals surface area contributed by atoms with E-state index in [-0.39, 0.29) is 12.0 Å². The molecule has 1 N–H and O–H groups in total. The average molecular weight is 519 g/mol. The maximum atomic E-state index is 13.9. The third-order valence-corrected chi connectivity index (χ3v) is 9.64. The molecule has 6 bridgehead atoms. The molecule has 7 fully saturated rings. The largest absolute Gasteiger partial charge is 0.691 e. The summed E-state index contributed by atoms with van der Waals surface area (Å²) in [5, 5.41) is 19.4. The molecule has 6 saturated carbocycles. The van der Waals surface area contributed by atoms with Crippen LogP contribution in [0, 0.1) is 40.9 Å². The van der Waals surface area contributed by atoms with Crippen molar-refractivity contribution in [1.82, 2.24) is 0 Å². The van der Waals surface area contributed by atoms with Crippen LogP contribution in [0.3, 0.4) is 0 Å². The smallest absolute Gasteiger partial charge is 0.415 e. The minimum absolute atomic E-state index is 0.131. The van der Waals surface area contributed by atoms with Gasteiger partial charge in [-0.25, -0.2) is 4.79 Å². The Morgan fingerprint density at radius 2 is 1.89 bits per heavy atom. The molecule has 8 unspecified atom stereocenters. The van der Waals surface area contributed by atoms with Crippen LogP contribution in [-0.4, -0.2) is 52.7 Å². The van der Waals surface area contributed by atoms with Crippen molar-refractivity contribution in [2.45, 2.75) is 68.0 Å². The zero-order valence-corrected chi connectivity index (χ0v) is 19.4. The van der Waals surface area contributed by atoms with Crippen LogP contribution < -0.4 is 5.26 Å². The van der Waals surface area contributed by atoms with E-state index < -0.39 is 76.7 Å². The van der Waals surface area contributed by atoms with E-state index in [0.29, 0.717) is 24.7 Å². The van der Waals surface area contributed by atoms with E-state index in [1.165, 1.54) is 0 Å². The fourth-order valence-corrected chi connectivity index (χ4v) is 8.87. The highest BCUT2D eigenvalue weighted by Crippen LogP contribution is 2.62. The molecule has 0 aromatic carbocycles. The third-order valence-electron chi connectivity index (χ3n) is 9.14. The fraction of sp³-hybridized carbons (Fsp3) is 0.864. The number of aliphatic hydroxyl groups is 1. The van der Waals surface area contributed by atoms with Gasteiger partial charge < -0.3 is 24.6 Å². The summed E-state index contributed by atoms with van der Waals surface area (Å²) in [4.78, 5) is 37.8. The zero-order chi connectivity index (χ0) is 24.8. The van der Waals surface area contributed by atoms with Gasteiger partial charge in [-0.05, 0) is 56.8 Å². The van der Waals surface area contributed by atoms with Gasteiger partial charge in [-0.2, -0.15) is 13.1 Å². The van der Waals surface area contributed by atoms with Crippen LogP contribution in [0.1, 0.15) is 44.9 Å². The molecular weight excluding hydrogens is 494 g/mol. The lowest BCUT2D eigenvalue weighted by molar-refractivity contribution is -0.777. The zero-order valence-electron chi connectivity index (χ0n) is 18.6. The first-order valence-corrected chi connectivity index (χ1v) is 12.6. The Morgan fingerprint density at radius 1 is 1.17 bits per heavy atom. The lowest BCUT2D eigenvalue weighted by Gasteiger charge is -2.59. The lowest BCUT2D eigenvalue weighted by atomic mass is 9.48.